The van der Waals surface area contributed by atoms with Crippen molar-refractivity contribution >= 4 is 6.09 Å². The summed E-state index contributed by atoms with van der Waals surface area (Å²) in [6, 6.07) is 8.95. The van der Waals surface area contributed by atoms with Crippen molar-refractivity contribution in [2.24, 2.45) is 0 Å². The first-order valence-electron chi connectivity index (χ1n) is 7.23. The molecule has 3 rings (SSSR count). The Morgan fingerprint density at radius 1 is 1.00 bits per heavy atom. The zero-order valence-corrected chi connectivity index (χ0v) is 13.2. The zero-order valence-electron chi connectivity index (χ0n) is 13.2. The predicted octanol–water partition coefficient (Wildman–Crippen LogP) is 2.66. The van der Waals surface area contributed by atoms with E-state index in [9.17, 15) is 4.79 Å². The Labute approximate surface area is 139 Å². The maximum Gasteiger partial charge on any atom is 0.414 e. The second-order valence-corrected chi connectivity index (χ2v) is 5.19. The van der Waals surface area contributed by atoms with Crippen LogP contribution in [0, 0.1) is 0 Å². The molecule has 3 aromatic heterocycles. The second kappa shape index (κ2) is 6.82. The van der Waals surface area contributed by atoms with Crippen LogP contribution < -0.4 is 4.74 Å². The molecule has 120 valence electrons. The van der Waals surface area contributed by atoms with Crippen molar-refractivity contribution in [2.45, 2.75) is 0 Å². The molecule has 0 spiro atoms. The lowest BCUT2D eigenvalue weighted by Gasteiger charge is -2.13. The Balaban J connectivity index is 2.07. The van der Waals surface area contributed by atoms with Crippen LogP contribution in [0.4, 0.5) is 4.79 Å². The first-order chi connectivity index (χ1) is 11.6. The lowest BCUT2D eigenvalue weighted by Crippen LogP contribution is -2.25. The Kier molecular flexibility index (Phi) is 4.42. The topological polar surface area (TPSA) is 81.1 Å². The van der Waals surface area contributed by atoms with Gasteiger partial charge in [0.2, 0.25) is 0 Å². The summed E-state index contributed by atoms with van der Waals surface area (Å²) < 4.78 is 5.46. The number of carbonyl (C=O) groups is 1. The molecule has 24 heavy (non-hydrogen) atoms. The first kappa shape index (κ1) is 15.5. The highest BCUT2D eigenvalue weighted by molar-refractivity contribution is 5.76. The van der Waals surface area contributed by atoms with Crippen molar-refractivity contribution in [3.05, 3.63) is 55.1 Å². The average Bonchev–Trinajstić information content (AvgIpc) is 2.63. The van der Waals surface area contributed by atoms with Gasteiger partial charge in [-0.3, -0.25) is 9.97 Å². The molecular formula is C17H15N5O2. The zero-order chi connectivity index (χ0) is 16.9. The van der Waals surface area contributed by atoms with Gasteiger partial charge in [0.25, 0.3) is 0 Å². The van der Waals surface area contributed by atoms with E-state index in [2.05, 4.69) is 20.2 Å². The van der Waals surface area contributed by atoms with E-state index in [0.29, 0.717) is 22.7 Å². The maximum absolute atomic E-state index is 12.0. The number of hydrogen-bond donors (Lipinski definition) is 0. The van der Waals surface area contributed by atoms with Crippen molar-refractivity contribution in [1.82, 2.24) is 25.1 Å². The summed E-state index contributed by atoms with van der Waals surface area (Å²) >= 11 is 0. The molecule has 1 amide bonds. The van der Waals surface area contributed by atoms with E-state index >= 15 is 0 Å². The normalized spacial score (nSPS) is 10.2. The van der Waals surface area contributed by atoms with Crippen LogP contribution in [0.3, 0.4) is 0 Å². The Hall–Kier alpha value is -3.35. The molecule has 0 atom stereocenters. The quantitative estimate of drug-likeness (QED) is 0.737. The molecule has 0 radical (unpaired) electrons. The third-order valence-corrected chi connectivity index (χ3v) is 3.21. The lowest BCUT2D eigenvalue weighted by molar-refractivity contribution is 0.172. The fourth-order valence-corrected chi connectivity index (χ4v) is 2.00. The molecular weight excluding hydrogens is 306 g/mol. The van der Waals surface area contributed by atoms with E-state index in [1.807, 2.05) is 12.1 Å². The Morgan fingerprint density at radius 2 is 1.67 bits per heavy atom. The van der Waals surface area contributed by atoms with Gasteiger partial charge in [-0.25, -0.2) is 4.79 Å². The van der Waals surface area contributed by atoms with Gasteiger partial charge < -0.3 is 9.64 Å². The third kappa shape index (κ3) is 3.35. The number of aromatic nitrogens is 4. The molecule has 3 heterocycles. The van der Waals surface area contributed by atoms with Crippen molar-refractivity contribution in [3.63, 3.8) is 0 Å². The summed E-state index contributed by atoms with van der Waals surface area (Å²) in [5, 5.41) is 8.44. The number of amides is 1. The smallest absolute Gasteiger partial charge is 0.408 e. The van der Waals surface area contributed by atoms with Gasteiger partial charge in [-0.15, -0.1) is 10.2 Å². The van der Waals surface area contributed by atoms with Crippen molar-refractivity contribution in [1.29, 1.82) is 0 Å². The van der Waals surface area contributed by atoms with Gasteiger partial charge >= 0.3 is 6.09 Å². The molecule has 3 aromatic rings. The van der Waals surface area contributed by atoms with E-state index in [-0.39, 0.29) is 0 Å². The van der Waals surface area contributed by atoms with Crippen LogP contribution in [-0.2, 0) is 0 Å². The first-order valence-corrected chi connectivity index (χ1v) is 7.23. The molecule has 0 unspecified atom stereocenters. The van der Waals surface area contributed by atoms with E-state index in [1.54, 1.807) is 57.1 Å². The van der Waals surface area contributed by atoms with Gasteiger partial charge in [0.1, 0.15) is 5.69 Å². The van der Waals surface area contributed by atoms with Gasteiger partial charge in [0.15, 0.2) is 5.75 Å². The highest BCUT2D eigenvalue weighted by Crippen LogP contribution is 2.30. The standard InChI is InChI=1S/C17H15N5O2/c1-22(2)17(23)24-15-9-14(12-5-3-7-18-10-12)20-21-16(15)13-6-4-8-19-11-13/h3-11H,1-2H3. The highest BCUT2D eigenvalue weighted by Gasteiger charge is 2.16. The number of rotatable bonds is 3. The number of ether oxygens (including phenoxy) is 1. The van der Waals surface area contributed by atoms with Gasteiger partial charge in [-0.2, -0.15) is 0 Å². The van der Waals surface area contributed by atoms with Crippen LogP contribution in [0.2, 0.25) is 0 Å². The molecule has 0 aliphatic carbocycles. The van der Waals surface area contributed by atoms with Crippen LogP contribution >= 0.6 is 0 Å². The molecule has 7 nitrogen and oxygen atoms in total. The fraction of sp³-hybridized carbons (Fsp3) is 0.118. The summed E-state index contributed by atoms with van der Waals surface area (Å²) in [5.74, 6) is 0.315. The summed E-state index contributed by atoms with van der Waals surface area (Å²) in [5.41, 5.74) is 2.51. The average molecular weight is 321 g/mol. The minimum atomic E-state index is -0.495. The SMILES string of the molecule is CN(C)C(=O)Oc1cc(-c2cccnc2)nnc1-c1cccnc1. The van der Waals surface area contributed by atoms with Crippen LogP contribution in [0.25, 0.3) is 22.5 Å². The summed E-state index contributed by atoms with van der Waals surface area (Å²) in [6.07, 6.45) is 6.15. The summed E-state index contributed by atoms with van der Waals surface area (Å²) in [6.45, 7) is 0. The predicted molar refractivity (Wildman–Crippen MR) is 88.2 cm³/mol. The lowest BCUT2D eigenvalue weighted by atomic mass is 10.1. The molecule has 0 aliphatic heterocycles. The molecule has 0 N–H and O–H groups in total. The Bertz CT molecular complexity index is 838. The monoisotopic (exact) mass is 321 g/mol. The minimum Gasteiger partial charge on any atom is -0.408 e. The Morgan fingerprint density at radius 3 is 2.25 bits per heavy atom. The van der Waals surface area contributed by atoms with E-state index in [1.165, 1.54) is 4.90 Å². The van der Waals surface area contributed by atoms with Crippen molar-refractivity contribution in [2.75, 3.05) is 14.1 Å². The summed E-state index contributed by atoms with van der Waals surface area (Å²) in [7, 11) is 3.23. The molecule has 0 fully saturated rings. The minimum absolute atomic E-state index is 0.315. The van der Waals surface area contributed by atoms with Crippen LogP contribution in [0.5, 0.6) is 5.75 Å². The van der Waals surface area contributed by atoms with Gasteiger partial charge in [-0.1, -0.05) is 0 Å². The molecule has 0 aliphatic rings. The second-order valence-electron chi connectivity index (χ2n) is 5.19. The molecule has 0 saturated carbocycles. The maximum atomic E-state index is 12.0. The van der Waals surface area contributed by atoms with Crippen molar-refractivity contribution < 1.29 is 9.53 Å². The number of nitrogens with zero attached hydrogens (tertiary/aromatic N) is 5. The van der Waals surface area contributed by atoms with E-state index < -0.39 is 6.09 Å². The fourth-order valence-electron chi connectivity index (χ4n) is 2.00. The molecule has 7 heteroatoms. The highest BCUT2D eigenvalue weighted by atomic mass is 16.6. The van der Waals surface area contributed by atoms with Gasteiger partial charge in [0.05, 0.1) is 5.69 Å². The van der Waals surface area contributed by atoms with Crippen molar-refractivity contribution in [3.8, 4) is 28.3 Å². The van der Waals surface area contributed by atoms with E-state index in [0.717, 1.165) is 5.56 Å². The van der Waals surface area contributed by atoms with Crippen LogP contribution in [-0.4, -0.2) is 45.3 Å². The molecule has 0 saturated heterocycles. The van der Waals surface area contributed by atoms with Crippen LogP contribution in [0.1, 0.15) is 0 Å². The van der Waals surface area contributed by atoms with E-state index in [4.69, 9.17) is 4.74 Å². The summed E-state index contributed by atoms with van der Waals surface area (Å²) in [4.78, 5) is 21.5. The number of carbonyl (C=O) groups excluding carboxylic acids is 1. The largest absolute Gasteiger partial charge is 0.414 e. The number of hydrogen-bond acceptors (Lipinski definition) is 6. The number of pyridine rings is 2. The molecule has 0 bridgehead atoms. The third-order valence-electron chi connectivity index (χ3n) is 3.21. The van der Waals surface area contributed by atoms with Crippen LogP contribution in [0.15, 0.2) is 55.1 Å². The van der Waals surface area contributed by atoms with Gasteiger partial charge in [0, 0.05) is 56.1 Å². The van der Waals surface area contributed by atoms with Gasteiger partial charge in [-0.05, 0) is 24.3 Å². The molecule has 0 aromatic carbocycles.